The molecule has 0 bridgehead atoms. The number of fused-ring (bicyclic) bond motifs is 3. The second kappa shape index (κ2) is 8.17. The van der Waals surface area contributed by atoms with Crippen LogP contribution in [0, 0.1) is 6.92 Å². The maximum absolute atomic E-state index is 12.9. The summed E-state index contributed by atoms with van der Waals surface area (Å²) >= 11 is 0. The number of hydrogen-bond acceptors (Lipinski definition) is 7. The van der Waals surface area contributed by atoms with Crippen molar-refractivity contribution >= 4 is 28.0 Å². The van der Waals surface area contributed by atoms with E-state index in [2.05, 4.69) is 10.3 Å². The average Bonchev–Trinajstić information content (AvgIpc) is 2.89. The molecule has 2 aromatic rings. The molecule has 1 amide bonds. The number of aliphatic imine (C=N–C) groups is 1. The minimum atomic E-state index is -3.23. The third-order valence-corrected chi connectivity index (χ3v) is 9.93. The highest BCUT2D eigenvalue weighted by molar-refractivity contribution is 8.26. The van der Waals surface area contributed by atoms with Gasteiger partial charge in [-0.15, -0.1) is 0 Å². The Morgan fingerprint density at radius 3 is 2.65 bits per heavy atom. The monoisotopic (exact) mass is 494 g/mol. The normalized spacial score (nSPS) is 25.8. The first-order valence-corrected chi connectivity index (χ1v) is 12.4. The topological polar surface area (TPSA) is 130 Å². The Labute approximate surface area is 198 Å². The summed E-state index contributed by atoms with van der Waals surface area (Å²) in [5, 5.41) is 2.08. The van der Waals surface area contributed by atoms with Gasteiger partial charge in [0, 0.05) is 29.4 Å². The number of halogens is 2. The number of aromatic nitrogens is 1. The summed E-state index contributed by atoms with van der Waals surface area (Å²) in [4.78, 5) is 21.5. The molecule has 34 heavy (non-hydrogen) atoms. The SMILES string of the molecule is Cc1cc(C(F)F)cnc1C(=O)Nc1ccc2c(c1)[C@@]1(C)N=C(N)C(C)(C)S(O)(O)[C@@H]1CCO2. The number of carbonyl (C=O) groups is 1. The van der Waals surface area contributed by atoms with E-state index in [9.17, 15) is 22.7 Å². The van der Waals surface area contributed by atoms with Gasteiger partial charge in [0.1, 0.15) is 27.6 Å². The van der Waals surface area contributed by atoms with E-state index in [1.165, 1.54) is 13.0 Å². The maximum Gasteiger partial charge on any atom is 0.274 e. The molecule has 0 radical (unpaired) electrons. The number of amides is 1. The molecular formula is C23H28F2N4O4S. The molecule has 8 nitrogen and oxygen atoms in total. The average molecular weight is 495 g/mol. The molecule has 2 aliphatic rings. The van der Waals surface area contributed by atoms with Crippen molar-refractivity contribution in [3.8, 4) is 5.75 Å². The van der Waals surface area contributed by atoms with Crippen molar-refractivity contribution in [3.05, 3.63) is 52.8 Å². The molecule has 0 fully saturated rings. The van der Waals surface area contributed by atoms with E-state index >= 15 is 0 Å². The van der Waals surface area contributed by atoms with Gasteiger partial charge in [-0.1, -0.05) is 0 Å². The van der Waals surface area contributed by atoms with Crippen LogP contribution in [0.5, 0.6) is 5.75 Å². The second-order valence-corrected chi connectivity index (χ2v) is 12.0. The van der Waals surface area contributed by atoms with Crippen molar-refractivity contribution in [1.82, 2.24) is 4.98 Å². The lowest BCUT2D eigenvalue weighted by Gasteiger charge is -2.58. The standard InChI is InChI=1S/C23H28F2N4O4S/c1-12-9-13(19(24)25)11-27-18(12)20(30)28-14-5-6-16-15(10-14)23(4)17(7-8-33-16)34(31,32)22(2,3)21(26)29-23/h5-6,9-11,17,19,31-32H,7-8H2,1-4H3,(H2,26,29)(H,28,30)/t17-,23-/m1/s1. The molecule has 0 saturated carbocycles. The maximum atomic E-state index is 12.9. The molecule has 11 heteroatoms. The first-order chi connectivity index (χ1) is 15.8. The second-order valence-electron chi connectivity index (χ2n) is 9.27. The summed E-state index contributed by atoms with van der Waals surface area (Å²) in [7, 11) is -3.23. The molecule has 4 rings (SSSR count). The Morgan fingerprint density at radius 2 is 2.00 bits per heavy atom. The lowest BCUT2D eigenvalue weighted by Crippen LogP contribution is -2.56. The van der Waals surface area contributed by atoms with Crippen molar-refractivity contribution < 1.29 is 27.4 Å². The molecule has 2 atom stereocenters. The smallest absolute Gasteiger partial charge is 0.274 e. The third kappa shape index (κ3) is 3.71. The zero-order valence-electron chi connectivity index (χ0n) is 19.3. The minimum absolute atomic E-state index is 0.0236. The van der Waals surface area contributed by atoms with Gasteiger partial charge in [-0.25, -0.2) is 8.78 Å². The molecule has 0 unspecified atom stereocenters. The number of hydrogen-bond donors (Lipinski definition) is 4. The molecule has 5 N–H and O–H groups in total. The Hall–Kier alpha value is -2.76. The van der Waals surface area contributed by atoms with Gasteiger partial charge in [-0.2, -0.15) is 10.6 Å². The van der Waals surface area contributed by atoms with Gasteiger partial charge in [0.2, 0.25) is 0 Å². The van der Waals surface area contributed by atoms with Crippen LogP contribution in [-0.2, 0) is 5.54 Å². The fourth-order valence-electron chi connectivity index (χ4n) is 4.51. The van der Waals surface area contributed by atoms with Crippen LogP contribution in [0.4, 0.5) is 14.5 Å². The summed E-state index contributed by atoms with van der Waals surface area (Å²) in [6.07, 6.45) is -1.34. The number of carbonyl (C=O) groups excluding carboxylic acids is 1. The molecule has 1 aromatic heterocycles. The molecule has 1 aromatic carbocycles. The van der Waals surface area contributed by atoms with Crippen LogP contribution in [0.2, 0.25) is 0 Å². The number of nitrogens with zero attached hydrogens (tertiary/aromatic N) is 2. The number of amidine groups is 1. The molecular weight excluding hydrogens is 466 g/mol. The van der Waals surface area contributed by atoms with Gasteiger partial charge in [0.25, 0.3) is 12.3 Å². The number of rotatable bonds is 3. The lowest BCUT2D eigenvalue weighted by atomic mass is 9.86. The number of alkyl halides is 2. The van der Waals surface area contributed by atoms with Gasteiger partial charge >= 0.3 is 0 Å². The van der Waals surface area contributed by atoms with Crippen molar-refractivity contribution in [2.45, 2.75) is 56.1 Å². The van der Waals surface area contributed by atoms with Gasteiger partial charge in [-0.3, -0.25) is 23.9 Å². The molecule has 0 saturated heterocycles. The van der Waals surface area contributed by atoms with Crippen molar-refractivity contribution in [2.24, 2.45) is 10.7 Å². The Kier molecular flexibility index (Phi) is 5.86. The van der Waals surface area contributed by atoms with Crippen LogP contribution >= 0.6 is 10.6 Å². The number of pyridine rings is 1. The highest BCUT2D eigenvalue weighted by Gasteiger charge is 2.57. The van der Waals surface area contributed by atoms with E-state index < -0.39 is 38.5 Å². The van der Waals surface area contributed by atoms with E-state index in [0.717, 1.165) is 6.20 Å². The Balaban J connectivity index is 1.73. The Morgan fingerprint density at radius 1 is 1.29 bits per heavy atom. The van der Waals surface area contributed by atoms with Crippen molar-refractivity contribution in [2.75, 3.05) is 11.9 Å². The summed E-state index contributed by atoms with van der Waals surface area (Å²) < 4.78 is 53.1. The van der Waals surface area contributed by atoms with E-state index in [1.807, 2.05) is 0 Å². The number of ether oxygens (including phenoxy) is 1. The summed E-state index contributed by atoms with van der Waals surface area (Å²) in [6, 6.07) is 6.21. The molecule has 0 aliphatic carbocycles. The van der Waals surface area contributed by atoms with E-state index in [-0.39, 0.29) is 23.7 Å². The summed E-state index contributed by atoms with van der Waals surface area (Å²) in [5.74, 6) is 0.0733. The minimum Gasteiger partial charge on any atom is -0.493 e. The van der Waals surface area contributed by atoms with Crippen LogP contribution in [0.15, 0.2) is 35.5 Å². The fraction of sp³-hybridized carbons (Fsp3) is 0.435. The number of nitrogens with two attached hydrogens (primary N) is 1. The van der Waals surface area contributed by atoms with Crippen LogP contribution < -0.4 is 15.8 Å². The van der Waals surface area contributed by atoms with Crippen LogP contribution in [0.25, 0.3) is 0 Å². The summed E-state index contributed by atoms with van der Waals surface area (Å²) in [6.45, 7) is 6.91. The van der Waals surface area contributed by atoms with Crippen molar-refractivity contribution in [1.29, 1.82) is 0 Å². The number of nitrogens with one attached hydrogen (secondary N) is 1. The van der Waals surface area contributed by atoms with E-state index in [1.54, 1.807) is 39.0 Å². The van der Waals surface area contributed by atoms with E-state index in [4.69, 9.17) is 15.5 Å². The molecule has 2 aliphatic heterocycles. The van der Waals surface area contributed by atoms with Gasteiger partial charge in [-0.05, 0) is 57.5 Å². The number of anilines is 1. The summed E-state index contributed by atoms with van der Waals surface area (Å²) in [5.41, 5.74) is 6.15. The van der Waals surface area contributed by atoms with Gasteiger partial charge in [0.15, 0.2) is 0 Å². The quantitative estimate of drug-likeness (QED) is 0.483. The van der Waals surface area contributed by atoms with Crippen LogP contribution in [0.1, 0.15) is 60.8 Å². The van der Waals surface area contributed by atoms with Gasteiger partial charge < -0.3 is 15.8 Å². The number of aryl methyl sites for hydroxylation is 1. The first kappa shape index (κ1) is 24.4. The zero-order chi connectivity index (χ0) is 25.1. The highest BCUT2D eigenvalue weighted by atomic mass is 32.3. The molecule has 0 spiro atoms. The number of benzene rings is 1. The van der Waals surface area contributed by atoms with Gasteiger partial charge in [0.05, 0.1) is 11.9 Å². The largest absolute Gasteiger partial charge is 0.493 e. The fourth-order valence-corrected chi connectivity index (χ4v) is 6.82. The highest BCUT2D eigenvalue weighted by Crippen LogP contribution is 2.66. The third-order valence-electron chi connectivity index (χ3n) is 6.73. The van der Waals surface area contributed by atoms with E-state index in [0.29, 0.717) is 29.0 Å². The first-order valence-electron chi connectivity index (χ1n) is 10.7. The van der Waals surface area contributed by atoms with Crippen LogP contribution in [0.3, 0.4) is 0 Å². The Bertz CT molecular complexity index is 1190. The van der Waals surface area contributed by atoms with Crippen LogP contribution in [-0.4, -0.2) is 42.4 Å². The molecule has 184 valence electrons. The lowest BCUT2D eigenvalue weighted by molar-refractivity contribution is 0.102. The molecule has 3 heterocycles. The van der Waals surface area contributed by atoms with Crippen molar-refractivity contribution in [3.63, 3.8) is 0 Å². The predicted molar refractivity (Wildman–Crippen MR) is 128 cm³/mol. The predicted octanol–water partition coefficient (Wildman–Crippen LogP) is 4.85. The zero-order valence-corrected chi connectivity index (χ0v) is 20.1.